The Bertz CT molecular complexity index is 1290. The lowest BCUT2D eigenvalue weighted by Gasteiger charge is -2.26. The van der Waals surface area contributed by atoms with E-state index in [0.717, 1.165) is 4.90 Å². The second-order valence-corrected chi connectivity index (χ2v) is 7.87. The second-order valence-electron chi connectivity index (χ2n) is 7.00. The number of nitrogens with zero attached hydrogens (tertiary/aromatic N) is 1. The normalized spacial score (nSPS) is 15.1. The first-order valence-corrected chi connectivity index (χ1v) is 10.4. The van der Waals surface area contributed by atoms with E-state index in [2.05, 4.69) is 5.32 Å². The Labute approximate surface area is 198 Å². The number of urea groups is 1. The molecule has 1 saturated heterocycles. The van der Waals surface area contributed by atoms with E-state index in [-0.39, 0.29) is 23.6 Å². The molecule has 9 heteroatoms. The fourth-order valence-corrected chi connectivity index (χ4v) is 3.48. The van der Waals surface area contributed by atoms with Crippen LogP contribution in [0.5, 0.6) is 5.75 Å². The highest BCUT2D eigenvalue weighted by Gasteiger charge is 2.37. The van der Waals surface area contributed by atoms with E-state index in [1.807, 2.05) is 0 Å². The summed E-state index contributed by atoms with van der Waals surface area (Å²) in [7, 11) is 0. The van der Waals surface area contributed by atoms with Gasteiger partial charge in [0.15, 0.2) is 0 Å². The van der Waals surface area contributed by atoms with Crippen molar-refractivity contribution >= 4 is 52.8 Å². The third-order valence-corrected chi connectivity index (χ3v) is 5.29. The largest absolute Gasteiger partial charge is 0.488 e. The summed E-state index contributed by atoms with van der Waals surface area (Å²) in [5, 5.41) is 2.90. The molecule has 4 rings (SSSR count). The van der Waals surface area contributed by atoms with Crippen LogP contribution < -0.4 is 15.0 Å². The molecule has 3 aromatic carbocycles. The highest BCUT2D eigenvalue weighted by molar-refractivity contribution is 6.39. The molecule has 0 bridgehead atoms. The number of ether oxygens (including phenoxy) is 1. The Kier molecular flexibility index (Phi) is 6.44. The summed E-state index contributed by atoms with van der Waals surface area (Å²) in [6.07, 6.45) is 1.27. The average molecular weight is 485 g/mol. The molecule has 1 heterocycles. The Morgan fingerprint density at radius 3 is 2.36 bits per heavy atom. The monoisotopic (exact) mass is 484 g/mol. The molecule has 0 spiro atoms. The van der Waals surface area contributed by atoms with Crippen molar-refractivity contribution in [3.05, 3.63) is 99.3 Å². The maximum Gasteiger partial charge on any atom is 0.335 e. The van der Waals surface area contributed by atoms with E-state index < -0.39 is 23.7 Å². The molecule has 0 unspecified atom stereocenters. The number of carbonyl (C=O) groups excluding carboxylic acids is 3. The van der Waals surface area contributed by atoms with Crippen molar-refractivity contribution in [1.82, 2.24) is 5.32 Å². The van der Waals surface area contributed by atoms with Gasteiger partial charge in [-0.25, -0.2) is 14.1 Å². The smallest absolute Gasteiger partial charge is 0.335 e. The van der Waals surface area contributed by atoms with Crippen LogP contribution in [-0.4, -0.2) is 17.8 Å². The lowest BCUT2D eigenvalue weighted by Crippen LogP contribution is -2.54. The van der Waals surface area contributed by atoms with Gasteiger partial charge in [0.05, 0.1) is 5.69 Å². The van der Waals surface area contributed by atoms with Crippen LogP contribution >= 0.6 is 23.2 Å². The van der Waals surface area contributed by atoms with Gasteiger partial charge in [-0.3, -0.25) is 14.9 Å². The van der Waals surface area contributed by atoms with Crippen molar-refractivity contribution in [3.8, 4) is 5.75 Å². The molecular weight excluding hydrogens is 470 g/mol. The minimum atomic E-state index is -0.883. The molecule has 1 fully saturated rings. The quantitative estimate of drug-likeness (QED) is 0.389. The number of anilines is 1. The van der Waals surface area contributed by atoms with Gasteiger partial charge in [0.2, 0.25) is 0 Å². The van der Waals surface area contributed by atoms with Gasteiger partial charge in [0.1, 0.15) is 23.7 Å². The lowest BCUT2D eigenvalue weighted by molar-refractivity contribution is -0.122. The maximum atomic E-state index is 13.9. The predicted molar refractivity (Wildman–Crippen MR) is 123 cm³/mol. The van der Waals surface area contributed by atoms with E-state index in [4.69, 9.17) is 27.9 Å². The molecule has 1 aliphatic heterocycles. The van der Waals surface area contributed by atoms with Crippen LogP contribution in [0.2, 0.25) is 10.0 Å². The Morgan fingerprint density at radius 2 is 1.64 bits per heavy atom. The van der Waals surface area contributed by atoms with Gasteiger partial charge in [-0.15, -0.1) is 0 Å². The third-order valence-electron chi connectivity index (χ3n) is 4.80. The highest BCUT2D eigenvalue weighted by atomic mass is 35.5. The van der Waals surface area contributed by atoms with Crippen LogP contribution in [0.1, 0.15) is 11.1 Å². The molecule has 33 heavy (non-hydrogen) atoms. The number of halogens is 3. The average Bonchev–Trinajstić information content (AvgIpc) is 2.78. The maximum absolute atomic E-state index is 13.9. The summed E-state index contributed by atoms with van der Waals surface area (Å²) < 4.78 is 19.7. The molecule has 166 valence electrons. The molecule has 6 nitrogen and oxygen atoms in total. The first kappa shape index (κ1) is 22.5. The summed E-state index contributed by atoms with van der Waals surface area (Å²) in [5.74, 6) is -1.85. The number of hydrogen-bond donors (Lipinski definition) is 1. The molecule has 4 amide bonds. The van der Waals surface area contributed by atoms with Gasteiger partial charge >= 0.3 is 6.03 Å². The minimum absolute atomic E-state index is 0.0833. The molecule has 0 atom stereocenters. The molecule has 1 aliphatic rings. The molecule has 3 aromatic rings. The number of barbiturate groups is 1. The van der Waals surface area contributed by atoms with Crippen molar-refractivity contribution < 1.29 is 23.5 Å². The number of carbonyl (C=O) groups is 3. The number of benzene rings is 3. The number of amides is 4. The summed E-state index contributed by atoms with van der Waals surface area (Å²) in [6.45, 7) is -0.0833. The van der Waals surface area contributed by atoms with Crippen LogP contribution in [0.25, 0.3) is 6.08 Å². The van der Waals surface area contributed by atoms with Gasteiger partial charge in [-0.1, -0.05) is 41.4 Å². The summed E-state index contributed by atoms with van der Waals surface area (Å²) in [4.78, 5) is 38.7. The van der Waals surface area contributed by atoms with Crippen LogP contribution in [0.3, 0.4) is 0 Å². The zero-order valence-electron chi connectivity index (χ0n) is 16.8. The lowest BCUT2D eigenvalue weighted by atomic mass is 10.1. The van der Waals surface area contributed by atoms with E-state index in [1.54, 1.807) is 30.3 Å². The summed E-state index contributed by atoms with van der Waals surface area (Å²) >= 11 is 12.0. The first-order chi connectivity index (χ1) is 15.8. The topological polar surface area (TPSA) is 75.7 Å². The Balaban J connectivity index is 1.68. The fraction of sp³-hybridized carbons (Fsp3) is 0.0417. The van der Waals surface area contributed by atoms with Crippen LogP contribution in [-0.2, 0) is 16.2 Å². The third kappa shape index (κ3) is 4.89. The van der Waals surface area contributed by atoms with Crippen molar-refractivity contribution in [2.45, 2.75) is 6.61 Å². The first-order valence-electron chi connectivity index (χ1n) is 9.66. The van der Waals surface area contributed by atoms with E-state index in [0.29, 0.717) is 21.2 Å². The Hall–Kier alpha value is -3.68. The van der Waals surface area contributed by atoms with Gasteiger partial charge in [-0.2, -0.15) is 0 Å². The molecule has 0 saturated carbocycles. The number of nitrogens with one attached hydrogen (secondary N) is 1. The van der Waals surface area contributed by atoms with Crippen molar-refractivity contribution in [2.24, 2.45) is 0 Å². The molecule has 1 N–H and O–H groups in total. The molecule has 0 aliphatic carbocycles. The zero-order chi connectivity index (χ0) is 23.5. The molecule has 0 aromatic heterocycles. The number of rotatable bonds is 5. The number of hydrogen-bond acceptors (Lipinski definition) is 4. The SMILES string of the molecule is O=C1NC(=O)N(c2ccc(Cl)cc2)C(=O)/C1=C/c1cc(Cl)ccc1OCc1ccccc1F. The van der Waals surface area contributed by atoms with Crippen LogP contribution in [0.4, 0.5) is 14.9 Å². The molecular formula is C24H15Cl2FN2O4. The standard InChI is InChI=1S/C24H15Cl2FN2O4/c25-16-5-8-18(9-6-16)29-23(31)19(22(30)28-24(29)32)12-15-11-17(26)7-10-21(15)33-13-14-3-1-2-4-20(14)27/h1-12H,13H2,(H,28,30,32)/b19-12+. The van der Waals surface area contributed by atoms with E-state index in [9.17, 15) is 18.8 Å². The Morgan fingerprint density at radius 1 is 0.939 bits per heavy atom. The zero-order valence-corrected chi connectivity index (χ0v) is 18.4. The van der Waals surface area contributed by atoms with Gasteiger partial charge in [0, 0.05) is 21.2 Å². The van der Waals surface area contributed by atoms with E-state index in [1.165, 1.54) is 42.5 Å². The van der Waals surface area contributed by atoms with Crippen molar-refractivity contribution in [3.63, 3.8) is 0 Å². The summed E-state index contributed by atoms with van der Waals surface area (Å²) in [5.41, 5.74) is 0.574. The predicted octanol–water partition coefficient (Wildman–Crippen LogP) is 5.38. The van der Waals surface area contributed by atoms with Crippen LogP contribution in [0.15, 0.2) is 72.3 Å². The minimum Gasteiger partial charge on any atom is -0.488 e. The van der Waals surface area contributed by atoms with Crippen molar-refractivity contribution in [1.29, 1.82) is 0 Å². The van der Waals surface area contributed by atoms with E-state index >= 15 is 0 Å². The second kappa shape index (κ2) is 9.44. The molecule has 0 radical (unpaired) electrons. The van der Waals surface area contributed by atoms with Gasteiger partial charge < -0.3 is 4.74 Å². The fourth-order valence-electron chi connectivity index (χ4n) is 3.17. The van der Waals surface area contributed by atoms with Crippen LogP contribution in [0, 0.1) is 5.82 Å². The van der Waals surface area contributed by atoms with Gasteiger partial charge in [0.25, 0.3) is 11.8 Å². The number of imide groups is 2. The summed E-state index contributed by atoms with van der Waals surface area (Å²) in [6, 6.07) is 15.9. The van der Waals surface area contributed by atoms with Crippen molar-refractivity contribution in [2.75, 3.05) is 4.90 Å². The van der Waals surface area contributed by atoms with Gasteiger partial charge in [-0.05, 0) is 54.6 Å². The highest BCUT2D eigenvalue weighted by Crippen LogP contribution is 2.29.